The molecule has 0 saturated carbocycles. The number of aromatic nitrogens is 1. The Hall–Kier alpha value is -3.30. The van der Waals surface area contributed by atoms with Crippen molar-refractivity contribution in [2.45, 2.75) is 13.8 Å². The number of anilines is 1. The third-order valence-electron chi connectivity index (χ3n) is 4.44. The number of nitrogens with zero attached hydrogens (tertiary/aromatic N) is 2. The highest BCUT2D eigenvalue weighted by Crippen LogP contribution is 2.33. The van der Waals surface area contributed by atoms with Gasteiger partial charge in [-0.1, -0.05) is 23.8 Å². The molecule has 28 heavy (non-hydrogen) atoms. The first-order valence-electron chi connectivity index (χ1n) is 8.94. The molecule has 4 rings (SSSR count). The number of fused-ring (bicyclic) bond motifs is 1. The maximum absolute atomic E-state index is 9.58. The maximum Gasteiger partial charge on any atom is 0.163 e. The van der Waals surface area contributed by atoms with Gasteiger partial charge in [0.1, 0.15) is 29.9 Å². The molecule has 2 aromatic carbocycles. The van der Waals surface area contributed by atoms with Crippen molar-refractivity contribution in [1.29, 1.82) is 5.26 Å². The Labute approximate surface area is 167 Å². The fourth-order valence-corrected chi connectivity index (χ4v) is 3.84. The molecule has 0 fully saturated rings. The van der Waals surface area contributed by atoms with Crippen LogP contribution in [0.1, 0.15) is 16.1 Å². The smallest absolute Gasteiger partial charge is 0.163 e. The van der Waals surface area contributed by atoms with Gasteiger partial charge in [-0.25, -0.2) is 4.98 Å². The Morgan fingerprint density at radius 2 is 1.96 bits per heavy atom. The van der Waals surface area contributed by atoms with E-state index in [1.807, 2.05) is 23.6 Å². The second-order valence-electron chi connectivity index (χ2n) is 6.53. The zero-order valence-electron chi connectivity index (χ0n) is 15.7. The maximum atomic E-state index is 9.58. The fourth-order valence-electron chi connectivity index (χ4n) is 3.05. The van der Waals surface area contributed by atoms with Gasteiger partial charge in [0.2, 0.25) is 0 Å². The summed E-state index contributed by atoms with van der Waals surface area (Å²) in [5.41, 5.74) is 5.67. The minimum absolute atomic E-state index is 0.482. The molecular formula is C22H19N3O2S. The van der Waals surface area contributed by atoms with Gasteiger partial charge in [0.25, 0.3) is 0 Å². The van der Waals surface area contributed by atoms with Crippen molar-refractivity contribution in [2.75, 3.05) is 18.5 Å². The molecule has 0 aliphatic carbocycles. The number of hydrogen-bond donors (Lipinski definition) is 1. The Balaban J connectivity index is 1.56. The van der Waals surface area contributed by atoms with Gasteiger partial charge in [-0.2, -0.15) is 5.26 Å². The summed E-state index contributed by atoms with van der Waals surface area (Å²) in [5.74, 6) is 1.44. The molecule has 1 aromatic heterocycles. The molecule has 140 valence electrons. The van der Waals surface area contributed by atoms with Crippen LogP contribution in [0, 0.1) is 25.2 Å². The Morgan fingerprint density at radius 1 is 1.14 bits per heavy atom. The summed E-state index contributed by atoms with van der Waals surface area (Å²) >= 11 is 1.46. The van der Waals surface area contributed by atoms with Gasteiger partial charge in [0.15, 0.2) is 11.5 Å². The second kappa shape index (κ2) is 7.75. The number of allylic oxidation sites excluding steroid dienone is 1. The number of nitrogens with one attached hydrogen (secondary N) is 1. The lowest BCUT2D eigenvalue weighted by Crippen LogP contribution is -2.15. The first-order chi connectivity index (χ1) is 13.6. The number of benzene rings is 2. The lowest BCUT2D eigenvalue weighted by Gasteiger charge is -2.18. The van der Waals surface area contributed by atoms with Crippen LogP contribution in [0.4, 0.5) is 5.69 Å². The molecule has 1 N–H and O–H groups in total. The molecule has 0 spiro atoms. The molecule has 6 heteroatoms. The Kier molecular flexibility index (Phi) is 5.00. The molecule has 0 unspecified atom stereocenters. The van der Waals surface area contributed by atoms with E-state index in [-0.39, 0.29) is 0 Å². The van der Waals surface area contributed by atoms with Gasteiger partial charge >= 0.3 is 0 Å². The Morgan fingerprint density at radius 3 is 2.75 bits per heavy atom. The van der Waals surface area contributed by atoms with E-state index >= 15 is 0 Å². The van der Waals surface area contributed by atoms with E-state index in [9.17, 15) is 5.26 Å². The molecule has 0 radical (unpaired) electrons. The predicted octanol–water partition coefficient (Wildman–Crippen LogP) is 5.17. The molecule has 0 saturated heterocycles. The molecule has 3 aromatic rings. The van der Waals surface area contributed by atoms with E-state index in [2.05, 4.69) is 48.4 Å². The highest BCUT2D eigenvalue weighted by molar-refractivity contribution is 7.11. The average Bonchev–Trinajstić information content (AvgIpc) is 3.18. The monoisotopic (exact) mass is 389 g/mol. The van der Waals surface area contributed by atoms with Crippen LogP contribution < -0.4 is 14.8 Å². The van der Waals surface area contributed by atoms with Gasteiger partial charge in [0.05, 0.1) is 5.69 Å². The summed E-state index contributed by atoms with van der Waals surface area (Å²) in [7, 11) is 0. The number of rotatable bonds is 4. The molecule has 1 aliphatic rings. The SMILES string of the molecule is Cc1ccc(-c2csc(C(C#N)=CNc3ccc4c(c3)OCCO4)n2)c(C)c1. The molecular weight excluding hydrogens is 370 g/mol. The first kappa shape index (κ1) is 18.1. The van der Waals surface area contributed by atoms with Gasteiger partial charge < -0.3 is 14.8 Å². The molecule has 1 aliphatic heterocycles. The minimum atomic E-state index is 0.482. The highest BCUT2D eigenvalue weighted by atomic mass is 32.1. The predicted molar refractivity (Wildman–Crippen MR) is 112 cm³/mol. The topological polar surface area (TPSA) is 67.2 Å². The van der Waals surface area contributed by atoms with Gasteiger partial charge in [-0.3, -0.25) is 0 Å². The van der Waals surface area contributed by atoms with Gasteiger partial charge in [-0.15, -0.1) is 11.3 Å². The number of aryl methyl sites for hydroxylation is 2. The van der Waals surface area contributed by atoms with Crippen LogP contribution in [0.2, 0.25) is 0 Å². The van der Waals surface area contributed by atoms with E-state index in [1.54, 1.807) is 6.20 Å². The summed E-state index contributed by atoms with van der Waals surface area (Å²) in [4.78, 5) is 4.67. The highest BCUT2D eigenvalue weighted by Gasteiger charge is 2.13. The Bertz CT molecular complexity index is 1100. The molecule has 0 atom stereocenters. The van der Waals surface area contributed by atoms with E-state index in [4.69, 9.17) is 9.47 Å². The average molecular weight is 389 g/mol. The third-order valence-corrected chi connectivity index (χ3v) is 5.31. The first-order valence-corrected chi connectivity index (χ1v) is 9.82. The zero-order valence-corrected chi connectivity index (χ0v) is 16.5. The summed E-state index contributed by atoms with van der Waals surface area (Å²) in [5, 5.41) is 15.4. The van der Waals surface area contributed by atoms with Crippen molar-refractivity contribution in [2.24, 2.45) is 0 Å². The van der Waals surface area contributed by atoms with Crippen LogP contribution in [0.3, 0.4) is 0 Å². The summed E-state index contributed by atoms with van der Waals surface area (Å²) in [6.07, 6.45) is 1.68. The fraction of sp³-hybridized carbons (Fsp3) is 0.182. The number of thiazole rings is 1. The van der Waals surface area contributed by atoms with Crippen LogP contribution in [-0.4, -0.2) is 18.2 Å². The number of ether oxygens (including phenoxy) is 2. The summed E-state index contributed by atoms with van der Waals surface area (Å²) in [6.45, 7) is 5.25. The van der Waals surface area contributed by atoms with Crippen molar-refractivity contribution >= 4 is 22.6 Å². The number of hydrogen-bond acceptors (Lipinski definition) is 6. The van der Waals surface area contributed by atoms with Crippen LogP contribution in [0.5, 0.6) is 11.5 Å². The molecule has 2 heterocycles. The van der Waals surface area contributed by atoms with E-state index in [1.165, 1.54) is 22.5 Å². The van der Waals surface area contributed by atoms with Gasteiger partial charge in [0, 0.05) is 28.9 Å². The zero-order chi connectivity index (χ0) is 19.5. The molecule has 0 bridgehead atoms. The van der Waals surface area contributed by atoms with Gasteiger partial charge in [-0.05, 0) is 31.5 Å². The second-order valence-corrected chi connectivity index (χ2v) is 7.39. The van der Waals surface area contributed by atoms with Crippen molar-refractivity contribution in [3.05, 3.63) is 64.1 Å². The molecule has 5 nitrogen and oxygen atoms in total. The van der Waals surface area contributed by atoms with Crippen LogP contribution in [-0.2, 0) is 0 Å². The van der Waals surface area contributed by atoms with E-state index in [0.717, 1.165) is 22.7 Å². The third kappa shape index (κ3) is 3.71. The van der Waals surface area contributed by atoms with Crippen molar-refractivity contribution in [3.8, 4) is 28.8 Å². The summed E-state index contributed by atoms with van der Waals surface area (Å²) in [6, 6.07) is 14.1. The lowest BCUT2D eigenvalue weighted by molar-refractivity contribution is 0.171. The minimum Gasteiger partial charge on any atom is -0.486 e. The standard InChI is InChI=1S/C22H19N3O2S/c1-14-3-5-18(15(2)9-14)19-13-28-22(25-19)16(11-23)12-24-17-4-6-20-21(10-17)27-8-7-26-20/h3-6,9-10,12-13,24H,7-8H2,1-2H3. The van der Waals surface area contributed by atoms with Crippen molar-refractivity contribution in [1.82, 2.24) is 4.98 Å². The van der Waals surface area contributed by atoms with Crippen LogP contribution in [0.15, 0.2) is 48.0 Å². The van der Waals surface area contributed by atoms with E-state index in [0.29, 0.717) is 29.5 Å². The van der Waals surface area contributed by atoms with Crippen molar-refractivity contribution in [3.63, 3.8) is 0 Å². The lowest BCUT2D eigenvalue weighted by atomic mass is 10.0. The number of nitriles is 1. The normalized spacial score (nSPS) is 13.1. The molecule has 0 amide bonds. The quantitative estimate of drug-likeness (QED) is 0.623. The van der Waals surface area contributed by atoms with Crippen molar-refractivity contribution < 1.29 is 9.47 Å². The largest absolute Gasteiger partial charge is 0.486 e. The van der Waals surface area contributed by atoms with E-state index < -0.39 is 0 Å². The van der Waals surface area contributed by atoms with Crippen LogP contribution in [0.25, 0.3) is 16.8 Å². The van der Waals surface area contributed by atoms with Crippen LogP contribution >= 0.6 is 11.3 Å². The summed E-state index contributed by atoms with van der Waals surface area (Å²) < 4.78 is 11.1.